The Labute approximate surface area is 199 Å². The number of benzene rings is 3. The molecule has 6 nitrogen and oxygen atoms in total. The van der Waals surface area contributed by atoms with Crippen LogP contribution in [0.3, 0.4) is 0 Å². The van der Waals surface area contributed by atoms with Crippen molar-refractivity contribution in [2.75, 3.05) is 17.3 Å². The van der Waals surface area contributed by atoms with E-state index in [0.29, 0.717) is 21.9 Å². The number of methoxy groups -OCH3 is 1. The predicted octanol–water partition coefficient (Wildman–Crippen LogP) is 2.37. The molecule has 1 aromatic heterocycles. The minimum atomic E-state index is -0.311. The Bertz CT molecular complexity index is 1290. The van der Waals surface area contributed by atoms with Gasteiger partial charge in [-0.05, 0) is 36.4 Å². The van der Waals surface area contributed by atoms with E-state index >= 15 is 0 Å². The fourth-order valence-electron chi connectivity index (χ4n) is 3.55. The van der Waals surface area contributed by atoms with Crippen molar-refractivity contribution in [1.82, 2.24) is 4.98 Å². The molecule has 160 valence electrons. The van der Waals surface area contributed by atoms with Gasteiger partial charge < -0.3 is 27.0 Å². The summed E-state index contributed by atoms with van der Waals surface area (Å²) in [7, 11) is 1.62. The van der Waals surface area contributed by atoms with Crippen LogP contribution in [0.2, 0.25) is 0 Å². The number of carbonyl (C=O) groups excluding carboxylic acids is 2. The number of rotatable bonds is 5. The molecule has 0 bridgehead atoms. The third-order valence-electron chi connectivity index (χ3n) is 5.05. The lowest BCUT2D eigenvalue weighted by molar-refractivity contribution is -0.0000228. The summed E-state index contributed by atoms with van der Waals surface area (Å²) in [6.07, 6.45) is 0. The van der Waals surface area contributed by atoms with Crippen LogP contribution >= 0.6 is 11.3 Å². The van der Waals surface area contributed by atoms with E-state index in [1.807, 2.05) is 47.8 Å². The average Bonchev–Trinajstić information content (AvgIpc) is 3.37. The lowest BCUT2D eigenvalue weighted by Crippen LogP contribution is -3.00. The number of fused-ring (bicyclic) bond motifs is 1. The van der Waals surface area contributed by atoms with Crippen LogP contribution in [0.4, 0.5) is 16.5 Å². The Morgan fingerprint density at radius 3 is 2.31 bits per heavy atom. The Balaban J connectivity index is 0.00000245. The molecule has 0 saturated carbocycles. The quantitative estimate of drug-likeness (QED) is 0.420. The van der Waals surface area contributed by atoms with Crippen LogP contribution < -0.4 is 31.9 Å². The van der Waals surface area contributed by atoms with Crippen molar-refractivity contribution in [3.8, 4) is 17.0 Å². The summed E-state index contributed by atoms with van der Waals surface area (Å²) in [5, 5.41) is 5.92. The van der Waals surface area contributed by atoms with Gasteiger partial charge in [0.15, 0.2) is 5.13 Å². The number of carbonyl (C=O) groups is 2. The molecule has 0 fully saturated rings. The zero-order chi connectivity index (χ0) is 21.4. The maximum atomic E-state index is 12.8. The summed E-state index contributed by atoms with van der Waals surface area (Å²) in [6.45, 7) is 0. The van der Waals surface area contributed by atoms with Gasteiger partial charge in [0.25, 0.3) is 11.8 Å². The number of amides is 2. The molecule has 5 rings (SSSR count). The maximum Gasteiger partial charge on any atom is 0.266 e. The number of ether oxygens (including phenoxy) is 1. The molecule has 2 heterocycles. The van der Waals surface area contributed by atoms with E-state index in [4.69, 9.17) is 4.74 Å². The Morgan fingerprint density at radius 2 is 1.59 bits per heavy atom. The van der Waals surface area contributed by atoms with Crippen molar-refractivity contribution in [3.63, 3.8) is 0 Å². The highest BCUT2D eigenvalue weighted by molar-refractivity contribution is 7.14. The molecule has 2 amide bonds. The second-order valence-electron chi connectivity index (χ2n) is 6.90. The molecule has 32 heavy (non-hydrogen) atoms. The summed E-state index contributed by atoms with van der Waals surface area (Å²) < 4.78 is 5.37. The molecule has 0 unspecified atom stereocenters. The first-order valence-electron chi connectivity index (χ1n) is 9.59. The van der Waals surface area contributed by atoms with Crippen LogP contribution in [0, 0.1) is 0 Å². The Kier molecular flexibility index (Phi) is 6.07. The van der Waals surface area contributed by atoms with E-state index in [-0.39, 0.29) is 28.8 Å². The number of aromatic nitrogens is 1. The van der Waals surface area contributed by atoms with Crippen molar-refractivity contribution in [2.24, 2.45) is 0 Å². The van der Waals surface area contributed by atoms with Gasteiger partial charge in [-0.3, -0.25) is 9.59 Å². The lowest BCUT2D eigenvalue weighted by atomic mass is 10.1. The van der Waals surface area contributed by atoms with Gasteiger partial charge in [-0.2, -0.15) is 0 Å². The van der Waals surface area contributed by atoms with Gasteiger partial charge >= 0.3 is 0 Å². The van der Waals surface area contributed by atoms with Crippen molar-refractivity contribution < 1.29 is 31.3 Å². The average molecular weight is 507 g/mol. The minimum Gasteiger partial charge on any atom is -1.00 e. The molecule has 0 spiro atoms. The van der Waals surface area contributed by atoms with E-state index in [0.717, 1.165) is 22.7 Å². The summed E-state index contributed by atoms with van der Waals surface area (Å²) in [5.41, 5.74) is 3.77. The topological polar surface area (TPSA) is 71.5 Å². The van der Waals surface area contributed by atoms with Gasteiger partial charge in [0, 0.05) is 10.9 Å². The van der Waals surface area contributed by atoms with Crippen molar-refractivity contribution in [2.45, 2.75) is 0 Å². The second-order valence-corrected chi connectivity index (χ2v) is 7.76. The van der Waals surface area contributed by atoms with Crippen LogP contribution in [-0.4, -0.2) is 23.9 Å². The molecule has 1 N–H and O–H groups in total. The number of para-hydroxylation sites is 2. The van der Waals surface area contributed by atoms with Crippen molar-refractivity contribution in [1.29, 1.82) is 0 Å². The van der Waals surface area contributed by atoms with Gasteiger partial charge in [-0.1, -0.05) is 36.4 Å². The highest BCUT2D eigenvalue weighted by Gasteiger charge is 2.36. The molecule has 4 aromatic rings. The lowest BCUT2D eigenvalue weighted by Gasteiger charge is -2.14. The first-order chi connectivity index (χ1) is 15.2. The van der Waals surface area contributed by atoms with E-state index in [1.54, 1.807) is 37.4 Å². The number of nitrogens with zero attached hydrogens (tertiary/aromatic N) is 2. The largest absolute Gasteiger partial charge is 1.00 e. The normalized spacial score (nSPS) is 12.3. The van der Waals surface area contributed by atoms with Crippen molar-refractivity contribution in [3.05, 3.63) is 89.3 Å². The molecule has 0 radical (unpaired) electrons. The standard InChI is InChI=1S/C24H17N3O3S.BrH/c1-30-21-12-5-4-11-19(21)25-24-26-20(14-31-24)15-7-6-8-16(13-15)27-22(28)17-9-2-3-10-18(17)23(27)29;/h2-14H,1H3,(H,25,26);1H/p-1. The number of hydrogen-bond acceptors (Lipinski definition) is 6. The fraction of sp³-hybridized carbons (Fsp3) is 0.0417. The van der Waals surface area contributed by atoms with Gasteiger partial charge in [0.1, 0.15) is 5.75 Å². The number of thiazole rings is 1. The van der Waals surface area contributed by atoms with Gasteiger partial charge in [-0.15, -0.1) is 11.3 Å². The number of nitrogens with one attached hydrogen (secondary N) is 1. The number of halogens is 1. The van der Waals surface area contributed by atoms with Gasteiger partial charge in [-0.25, -0.2) is 9.88 Å². The maximum absolute atomic E-state index is 12.8. The monoisotopic (exact) mass is 506 g/mol. The molecule has 0 saturated heterocycles. The number of imide groups is 1. The summed E-state index contributed by atoms with van der Waals surface area (Å²) in [6, 6.07) is 21.8. The van der Waals surface area contributed by atoms with Crippen LogP contribution in [-0.2, 0) is 0 Å². The predicted molar refractivity (Wildman–Crippen MR) is 121 cm³/mol. The summed E-state index contributed by atoms with van der Waals surface area (Å²) in [5.74, 6) is 0.107. The second kappa shape index (κ2) is 8.94. The molecule has 8 heteroatoms. The van der Waals surface area contributed by atoms with E-state index in [2.05, 4.69) is 10.3 Å². The van der Waals surface area contributed by atoms with Gasteiger partial charge in [0.05, 0.1) is 35.3 Å². The van der Waals surface area contributed by atoms with Crippen molar-refractivity contribution >= 4 is 39.7 Å². The van der Waals surface area contributed by atoms with E-state index < -0.39 is 0 Å². The van der Waals surface area contributed by atoms with E-state index in [9.17, 15) is 9.59 Å². The zero-order valence-corrected chi connectivity index (χ0v) is 19.3. The van der Waals surface area contributed by atoms with Crippen LogP contribution in [0.5, 0.6) is 5.75 Å². The first-order valence-corrected chi connectivity index (χ1v) is 10.5. The van der Waals surface area contributed by atoms with Gasteiger partial charge in [0.2, 0.25) is 0 Å². The summed E-state index contributed by atoms with van der Waals surface area (Å²) >= 11 is 1.46. The molecule has 0 aliphatic carbocycles. The molecular weight excluding hydrogens is 490 g/mol. The van der Waals surface area contributed by atoms with Crippen LogP contribution in [0.25, 0.3) is 11.3 Å². The molecule has 0 atom stereocenters. The van der Waals surface area contributed by atoms with Crippen LogP contribution in [0.15, 0.2) is 78.2 Å². The molecule has 3 aromatic carbocycles. The third-order valence-corrected chi connectivity index (χ3v) is 5.80. The number of hydrogen-bond donors (Lipinski definition) is 1. The first kappa shape index (κ1) is 21.7. The fourth-order valence-corrected chi connectivity index (χ4v) is 4.29. The molecule has 1 aliphatic heterocycles. The highest BCUT2D eigenvalue weighted by atomic mass is 79.9. The zero-order valence-electron chi connectivity index (χ0n) is 16.9. The SMILES string of the molecule is COc1ccccc1Nc1nc(-c2cccc(N3C(=O)c4ccccc4C3=O)c2)cs1.[Br-]. The Hall–Kier alpha value is -3.49. The number of anilines is 3. The third kappa shape index (κ3) is 3.79. The molecular formula is C24H17BrN3O3S-. The summed E-state index contributed by atoms with van der Waals surface area (Å²) in [4.78, 5) is 31.5. The molecule has 1 aliphatic rings. The smallest absolute Gasteiger partial charge is 0.266 e. The highest BCUT2D eigenvalue weighted by Crippen LogP contribution is 2.34. The minimum absolute atomic E-state index is 0. The van der Waals surface area contributed by atoms with Crippen LogP contribution in [0.1, 0.15) is 20.7 Å². The Morgan fingerprint density at radius 1 is 0.906 bits per heavy atom. The van der Waals surface area contributed by atoms with E-state index in [1.165, 1.54) is 16.2 Å².